The normalized spacial score (nSPS) is 10.9. The van der Waals surface area contributed by atoms with Crippen LogP contribution in [0.1, 0.15) is 5.56 Å². The third-order valence-electron chi connectivity index (χ3n) is 3.29. The Morgan fingerprint density at radius 3 is 2.92 bits per heavy atom. The number of rotatable bonds is 4. The van der Waals surface area contributed by atoms with Crippen molar-refractivity contribution >= 4 is 29.3 Å². The number of pyridine rings is 1. The van der Waals surface area contributed by atoms with Gasteiger partial charge in [0.1, 0.15) is 5.75 Å². The zero-order chi connectivity index (χ0) is 16.9. The molecule has 3 aromatic rings. The highest BCUT2D eigenvalue weighted by Crippen LogP contribution is 2.26. The summed E-state index contributed by atoms with van der Waals surface area (Å²) in [5.74, 6) is -0.424. The van der Waals surface area contributed by atoms with E-state index in [2.05, 4.69) is 20.5 Å². The van der Waals surface area contributed by atoms with Crippen LogP contribution in [-0.4, -0.2) is 26.2 Å². The predicted octanol–water partition coefficient (Wildman–Crippen LogP) is 3.48. The second-order valence-electron chi connectivity index (χ2n) is 4.94. The molecule has 0 saturated carbocycles. The molecule has 1 aromatic carbocycles. The second kappa shape index (κ2) is 6.97. The van der Waals surface area contributed by atoms with E-state index < -0.39 is 0 Å². The van der Waals surface area contributed by atoms with Crippen LogP contribution in [0.3, 0.4) is 0 Å². The maximum atomic E-state index is 12.0. The number of aromatic hydroxyl groups is 1. The average molecular weight is 341 g/mol. The molecule has 120 valence electrons. The maximum absolute atomic E-state index is 12.0. The van der Waals surface area contributed by atoms with Crippen LogP contribution >= 0.6 is 11.6 Å². The number of anilines is 1. The summed E-state index contributed by atoms with van der Waals surface area (Å²) in [5, 5.41) is 19.1. The van der Waals surface area contributed by atoms with E-state index in [0.717, 1.165) is 16.7 Å². The monoisotopic (exact) mass is 340 g/mol. The molecule has 0 bridgehead atoms. The SMILES string of the molecule is O=C(/C=C/c1cnccc1-c1cn[nH]c1)Nc1ccc(Cl)c(O)c1. The first-order valence-electron chi connectivity index (χ1n) is 7.04. The Labute approximate surface area is 142 Å². The summed E-state index contributed by atoms with van der Waals surface area (Å²) >= 11 is 5.73. The van der Waals surface area contributed by atoms with Crippen LogP contribution in [0.25, 0.3) is 17.2 Å². The van der Waals surface area contributed by atoms with E-state index in [-0.39, 0.29) is 16.7 Å². The van der Waals surface area contributed by atoms with Crippen LogP contribution in [0.4, 0.5) is 5.69 Å². The average Bonchev–Trinajstić information content (AvgIpc) is 3.11. The van der Waals surface area contributed by atoms with Crippen molar-refractivity contribution < 1.29 is 9.90 Å². The smallest absolute Gasteiger partial charge is 0.248 e. The zero-order valence-electron chi connectivity index (χ0n) is 12.4. The first kappa shape index (κ1) is 15.8. The second-order valence-corrected chi connectivity index (χ2v) is 5.35. The predicted molar refractivity (Wildman–Crippen MR) is 92.6 cm³/mol. The van der Waals surface area contributed by atoms with E-state index in [1.54, 1.807) is 36.9 Å². The van der Waals surface area contributed by atoms with Crippen molar-refractivity contribution in [2.75, 3.05) is 5.32 Å². The lowest BCUT2D eigenvalue weighted by molar-refractivity contribution is -0.111. The summed E-state index contributed by atoms with van der Waals surface area (Å²) in [7, 11) is 0. The van der Waals surface area contributed by atoms with Crippen LogP contribution in [0.2, 0.25) is 5.02 Å². The third kappa shape index (κ3) is 3.61. The summed E-state index contributed by atoms with van der Waals surface area (Å²) in [4.78, 5) is 16.1. The zero-order valence-corrected chi connectivity index (χ0v) is 13.2. The molecule has 7 heteroatoms. The van der Waals surface area contributed by atoms with Crippen LogP contribution in [-0.2, 0) is 4.79 Å². The first-order chi connectivity index (χ1) is 11.6. The van der Waals surface area contributed by atoms with E-state index >= 15 is 0 Å². The van der Waals surface area contributed by atoms with Gasteiger partial charge in [0.2, 0.25) is 5.91 Å². The Balaban J connectivity index is 1.76. The highest BCUT2D eigenvalue weighted by Gasteiger charge is 2.05. The number of aromatic amines is 1. The van der Waals surface area contributed by atoms with Gasteiger partial charge in [-0.2, -0.15) is 5.10 Å². The van der Waals surface area contributed by atoms with Crippen molar-refractivity contribution in [2.24, 2.45) is 0 Å². The van der Waals surface area contributed by atoms with Gasteiger partial charge in [0.15, 0.2) is 0 Å². The van der Waals surface area contributed by atoms with Crippen LogP contribution < -0.4 is 5.32 Å². The fourth-order valence-electron chi connectivity index (χ4n) is 2.14. The molecule has 3 rings (SSSR count). The van der Waals surface area contributed by atoms with Crippen molar-refractivity contribution in [3.8, 4) is 16.9 Å². The number of phenols is 1. The molecule has 2 aromatic heterocycles. The van der Waals surface area contributed by atoms with Gasteiger partial charge < -0.3 is 10.4 Å². The minimum absolute atomic E-state index is 0.0899. The quantitative estimate of drug-likeness (QED) is 0.634. The minimum atomic E-state index is -0.335. The summed E-state index contributed by atoms with van der Waals surface area (Å²) < 4.78 is 0. The van der Waals surface area contributed by atoms with E-state index in [4.69, 9.17) is 11.6 Å². The Bertz CT molecular complexity index is 891. The Morgan fingerprint density at radius 2 is 2.17 bits per heavy atom. The van der Waals surface area contributed by atoms with E-state index in [1.807, 2.05) is 6.07 Å². The van der Waals surface area contributed by atoms with E-state index in [0.29, 0.717) is 5.69 Å². The van der Waals surface area contributed by atoms with Gasteiger partial charge in [0.05, 0.1) is 11.2 Å². The van der Waals surface area contributed by atoms with Gasteiger partial charge in [-0.25, -0.2) is 0 Å². The van der Waals surface area contributed by atoms with Crippen molar-refractivity contribution in [3.05, 3.63) is 65.7 Å². The summed E-state index contributed by atoms with van der Waals surface area (Å²) in [6.45, 7) is 0. The van der Waals surface area contributed by atoms with Gasteiger partial charge in [-0.15, -0.1) is 0 Å². The Kier molecular flexibility index (Phi) is 4.58. The standard InChI is InChI=1S/C17H13ClN4O2/c18-15-3-2-13(7-16(15)23)22-17(24)4-1-11-8-19-6-5-14(11)12-9-20-21-10-12/h1-10,23H,(H,20,21)(H,22,24)/b4-1+. The van der Waals surface area contributed by atoms with Crippen molar-refractivity contribution in [1.82, 2.24) is 15.2 Å². The molecule has 6 nitrogen and oxygen atoms in total. The van der Waals surface area contributed by atoms with Gasteiger partial charge >= 0.3 is 0 Å². The molecule has 1 amide bonds. The van der Waals surface area contributed by atoms with Gasteiger partial charge in [-0.1, -0.05) is 11.6 Å². The number of halogens is 1. The van der Waals surface area contributed by atoms with Gasteiger partial charge in [0, 0.05) is 47.5 Å². The molecule has 0 aliphatic heterocycles. The van der Waals surface area contributed by atoms with E-state index in [1.165, 1.54) is 18.2 Å². The van der Waals surface area contributed by atoms with Crippen molar-refractivity contribution in [3.63, 3.8) is 0 Å². The number of carbonyl (C=O) groups is 1. The molecule has 3 N–H and O–H groups in total. The molecule has 0 aliphatic carbocycles. The molecule has 0 saturated heterocycles. The fraction of sp³-hybridized carbons (Fsp3) is 0. The lowest BCUT2D eigenvalue weighted by Crippen LogP contribution is -2.07. The van der Waals surface area contributed by atoms with Gasteiger partial charge in [-0.05, 0) is 29.8 Å². The number of aromatic nitrogens is 3. The van der Waals surface area contributed by atoms with E-state index in [9.17, 15) is 9.90 Å². The summed E-state index contributed by atoms with van der Waals surface area (Å²) in [6.07, 6.45) is 9.87. The number of amides is 1. The van der Waals surface area contributed by atoms with Crippen LogP contribution in [0.5, 0.6) is 5.75 Å². The highest BCUT2D eigenvalue weighted by molar-refractivity contribution is 6.32. The number of nitrogens with one attached hydrogen (secondary N) is 2. The molecule has 0 fully saturated rings. The third-order valence-corrected chi connectivity index (χ3v) is 3.61. The molecule has 0 unspecified atom stereocenters. The number of nitrogens with zero attached hydrogens (tertiary/aromatic N) is 2. The number of carbonyl (C=O) groups excluding carboxylic acids is 1. The van der Waals surface area contributed by atoms with Gasteiger partial charge in [0.25, 0.3) is 0 Å². The molecule has 0 aliphatic rings. The number of benzene rings is 1. The van der Waals surface area contributed by atoms with Gasteiger partial charge in [-0.3, -0.25) is 14.9 Å². The number of hydrogen-bond acceptors (Lipinski definition) is 4. The molecule has 2 heterocycles. The van der Waals surface area contributed by atoms with Crippen molar-refractivity contribution in [1.29, 1.82) is 0 Å². The molecule has 0 spiro atoms. The number of phenolic OH excluding ortho intramolecular Hbond substituents is 1. The molecule has 24 heavy (non-hydrogen) atoms. The van der Waals surface area contributed by atoms with Crippen molar-refractivity contribution in [2.45, 2.75) is 0 Å². The topological polar surface area (TPSA) is 90.9 Å². The Hall–Kier alpha value is -3.12. The number of H-pyrrole nitrogens is 1. The minimum Gasteiger partial charge on any atom is -0.506 e. The maximum Gasteiger partial charge on any atom is 0.248 e. The molecular weight excluding hydrogens is 328 g/mol. The van der Waals surface area contributed by atoms with Crippen LogP contribution in [0.15, 0.2) is 55.1 Å². The largest absolute Gasteiger partial charge is 0.506 e. The lowest BCUT2D eigenvalue weighted by Gasteiger charge is -2.04. The molecular formula is C17H13ClN4O2. The first-order valence-corrected chi connectivity index (χ1v) is 7.42. The molecule has 0 atom stereocenters. The highest BCUT2D eigenvalue weighted by atomic mass is 35.5. The summed E-state index contributed by atoms with van der Waals surface area (Å²) in [5.41, 5.74) is 3.05. The molecule has 0 radical (unpaired) electrons. The number of hydrogen-bond donors (Lipinski definition) is 3. The summed E-state index contributed by atoms with van der Waals surface area (Å²) in [6, 6.07) is 6.35. The fourth-order valence-corrected chi connectivity index (χ4v) is 2.26. The van der Waals surface area contributed by atoms with Crippen LogP contribution in [0, 0.1) is 0 Å². The lowest BCUT2D eigenvalue weighted by atomic mass is 10.0. The Morgan fingerprint density at radius 1 is 1.29 bits per heavy atom.